The lowest BCUT2D eigenvalue weighted by Crippen LogP contribution is -1.90. The van der Waals surface area contributed by atoms with Crippen molar-refractivity contribution < 1.29 is 9.47 Å². The van der Waals surface area contributed by atoms with Crippen molar-refractivity contribution in [2.45, 2.75) is 0 Å². The minimum Gasteiger partial charge on any atom is -0.497 e. The maximum absolute atomic E-state index is 9.03. The molecule has 4 heteroatoms. The Morgan fingerprint density at radius 1 is 1.06 bits per heavy atom. The van der Waals surface area contributed by atoms with Crippen LogP contribution in [0.3, 0.4) is 0 Å². The Balaban J connectivity index is 2.32. The molecule has 0 N–H and O–H groups in total. The second kappa shape index (κ2) is 5.56. The monoisotopic (exact) mass is 303 g/mol. The first kappa shape index (κ1) is 12.5. The first-order valence-electron chi connectivity index (χ1n) is 5.24. The SMILES string of the molecule is COc1ccc(C#N)c(Oc2ccc(Br)cc2)c1. The van der Waals surface area contributed by atoms with Crippen molar-refractivity contribution in [1.29, 1.82) is 5.26 Å². The number of halogens is 1. The minimum atomic E-state index is 0.471. The highest BCUT2D eigenvalue weighted by molar-refractivity contribution is 9.10. The summed E-state index contributed by atoms with van der Waals surface area (Å²) in [5.74, 6) is 1.81. The van der Waals surface area contributed by atoms with Gasteiger partial charge >= 0.3 is 0 Å². The molecule has 0 heterocycles. The molecule has 0 fully saturated rings. The Morgan fingerprint density at radius 2 is 1.72 bits per heavy atom. The molecule has 0 saturated heterocycles. The first-order valence-corrected chi connectivity index (χ1v) is 6.04. The van der Waals surface area contributed by atoms with Crippen LogP contribution in [0.5, 0.6) is 17.2 Å². The quantitative estimate of drug-likeness (QED) is 0.856. The molecule has 2 aromatic rings. The summed E-state index contributed by atoms with van der Waals surface area (Å²) in [4.78, 5) is 0. The minimum absolute atomic E-state index is 0.471. The predicted octanol–water partition coefficient (Wildman–Crippen LogP) is 4.12. The molecule has 90 valence electrons. The van der Waals surface area contributed by atoms with Gasteiger partial charge in [-0.05, 0) is 36.4 Å². The standard InChI is InChI=1S/C14H10BrNO2/c1-17-13-5-2-10(9-16)14(8-13)18-12-6-3-11(15)4-7-12/h2-8H,1H3. The van der Waals surface area contributed by atoms with Crippen LogP contribution in [0.1, 0.15) is 5.56 Å². The van der Waals surface area contributed by atoms with Crippen LogP contribution >= 0.6 is 15.9 Å². The number of ether oxygens (including phenoxy) is 2. The third kappa shape index (κ3) is 2.82. The summed E-state index contributed by atoms with van der Waals surface area (Å²) in [6.45, 7) is 0. The zero-order valence-corrected chi connectivity index (χ0v) is 11.3. The van der Waals surface area contributed by atoms with Crippen molar-refractivity contribution in [3.8, 4) is 23.3 Å². The van der Waals surface area contributed by atoms with Crippen LogP contribution in [0, 0.1) is 11.3 Å². The molecule has 18 heavy (non-hydrogen) atoms. The van der Waals surface area contributed by atoms with Crippen LogP contribution in [0.15, 0.2) is 46.9 Å². The fraction of sp³-hybridized carbons (Fsp3) is 0.0714. The zero-order chi connectivity index (χ0) is 13.0. The molecular formula is C14H10BrNO2. The van der Waals surface area contributed by atoms with E-state index in [1.54, 1.807) is 25.3 Å². The molecule has 0 spiro atoms. The molecule has 0 aromatic heterocycles. The second-order valence-electron chi connectivity index (χ2n) is 3.53. The smallest absolute Gasteiger partial charge is 0.148 e. The van der Waals surface area contributed by atoms with Crippen molar-refractivity contribution in [3.05, 3.63) is 52.5 Å². The van der Waals surface area contributed by atoms with Gasteiger partial charge in [-0.1, -0.05) is 15.9 Å². The highest BCUT2D eigenvalue weighted by Gasteiger charge is 2.06. The van der Waals surface area contributed by atoms with E-state index in [1.807, 2.05) is 24.3 Å². The van der Waals surface area contributed by atoms with Gasteiger partial charge in [0.15, 0.2) is 0 Å². The maximum Gasteiger partial charge on any atom is 0.148 e. The summed E-state index contributed by atoms with van der Waals surface area (Å²) >= 11 is 3.35. The third-order valence-corrected chi connectivity index (χ3v) is 2.88. The van der Waals surface area contributed by atoms with Gasteiger partial charge in [0.2, 0.25) is 0 Å². The first-order chi connectivity index (χ1) is 8.72. The normalized spacial score (nSPS) is 9.61. The molecule has 2 rings (SSSR count). The van der Waals surface area contributed by atoms with Gasteiger partial charge < -0.3 is 9.47 Å². The van der Waals surface area contributed by atoms with E-state index in [0.717, 1.165) is 4.47 Å². The number of hydrogen-bond donors (Lipinski definition) is 0. The summed E-state index contributed by atoms with van der Waals surface area (Å²) < 4.78 is 11.8. The maximum atomic E-state index is 9.03. The molecule has 0 unspecified atom stereocenters. The van der Waals surface area contributed by atoms with Crippen LogP contribution in [-0.2, 0) is 0 Å². The Labute approximate surface area is 114 Å². The van der Waals surface area contributed by atoms with Gasteiger partial charge in [-0.3, -0.25) is 0 Å². The molecule has 0 atom stereocenters. The van der Waals surface area contributed by atoms with Gasteiger partial charge in [-0.2, -0.15) is 5.26 Å². The number of hydrogen-bond acceptors (Lipinski definition) is 3. The van der Waals surface area contributed by atoms with Gasteiger partial charge in [0.1, 0.15) is 23.3 Å². The van der Waals surface area contributed by atoms with E-state index in [-0.39, 0.29) is 0 Å². The number of benzene rings is 2. The van der Waals surface area contributed by atoms with Crippen molar-refractivity contribution in [2.75, 3.05) is 7.11 Å². The molecule has 0 aliphatic heterocycles. The van der Waals surface area contributed by atoms with Crippen LogP contribution < -0.4 is 9.47 Å². The van der Waals surface area contributed by atoms with Gasteiger partial charge in [0, 0.05) is 10.5 Å². The molecule has 0 saturated carbocycles. The molecule has 3 nitrogen and oxygen atoms in total. The van der Waals surface area contributed by atoms with Crippen LogP contribution in [-0.4, -0.2) is 7.11 Å². The average molecular weight is 304 g/mol. The summed E-state index contributed by atoms with van der Waals surface area (Å²) in [7, 11) is 1.57. The average Bonchev–Trinajstić information content (AvgIpc) is 2.41. The third-order valence-electron chi connectivity index (χ3n) is 2.35. The van der Waals surface area contributed by atoms with E-state index in [9.17, 15) is 0 Å². The van der Waals surface area contributed by atoms with E-state index < -0.39 is 0 Å². The lowest BCUT2D eigenvalue weighted by Gasteiger charge is -2.09. The summed E-state index contributed by atoms with van der Waals surface area (Å²) in [6, 6.07) is 14.6. The molecular weight excluding hydrogens is 294 g/mol. The Kier molecular flexibility index (Phi) is 3.85. The number of methoxy groups -OCH3 is 1. The van der Waals surface area contributed by atoms with E-state index in [4.69, 9.17) is 14.7 Å². The highest BCUT2D eigenvalue weighted by Crippen LogP contribution is 2.29. The van der Waals surface area contributed by atoms with Gasteiger partial charge in [0.25, 0.3) is 0 Å². The Hall–Kier alpha value is -1.99. The molecule has 0 bridgehead atoms. The largest absolute Gasteiger partial charge is 0.497 e. The molecule has 0 amide bonds. The number of nitriles is 1. The van der Waals surface area contributed by atoms with E-state index in [2.05, 4.69) is 22.0 Å². The van der Waals surface area contributed by atoms with Crippen LogP contribution in [0.4, 0.5) is 0 Å². The zero-order valence-electron chi connectivity index (χ0n) is 9.68. The van der Waals surface area contributed by atoms with Crippen molar-refractivity contribution in [3.63, 3.8) is 0 Å². The lowest BCUT2D eigenvalue weighted by atomic mass is 10.2. The predicted molar refractivity (Wildman–Crippen MR) is 71.9 cm³/mol. The fourth-order valence-corrected chi connectivity index (χ4v) is 1.70. The van der Waals surface area contributed by atoms with Crippen LogP contribution in [0.25, 0.3) is 0 Å². The summed E-state index contributed by atoms with van der Waals surface area (Å²) in [5.41, 5.74) is 0.471. The second-order valence-corrected chi connectivity index (χ2v) is 4.45. The van der Waals surface area contributed by atoms with Crippen molar-refractivity contribution in [2.24, 2.45) is 0 Å². The van der Waals surface area contributed by atoms with Crippen molar-refractivity contribution >= 4 is 15.9 Å². The van der Waals surface area contributed by atoms with E-state index in [0.29, 0.717) is 22.8 Å². The fourth-order valence-electron chi connectivity index (χ4n) is 1.44. The van der Waals surface area contributed by atoms with Crippen molar-refractivity contribution in [1.82, 2.24) is 0 Å². The molecule has 0 radical (unpaired) electrons. The topological polar surface area (TPSA) is 42.2 Å². The van der Waals surface area contributed by atoms with E-state index in [1.165, 1.54) is 0 Å². The molecule has 2 aromatic carbocycles. The lowest BCUT2D eigenvalue weighted by molar-refractivity contribution is 0.409. The number of nitrogens with zero attached hydrogens (tertiary/aromatic N) is 1. The van der Waals surface area contributed by atoms with Gasteiger partial charge in [-0.15, -0.1) is 0 Å². The Bertz CT molecular complexity index is 588. The van der Waals surface area contributed by atoms with E-state index >= 15 is 0 Å². The Morgan fingerprint density at radius 3 is 2.33 bits per heavy atom. The number of rotatable bonds is 3. The van der Waals surface area contributed by atoms with Crippen LogP contribution in [0.2, 0.25) is 0 Å². The molecule has 0 aliphatic carbocycles. The highest BCUT2D eigenvalue weighted by atomic mass is 79.9. The summed E-state index contributed by atoms with van der Waals surface area (Å²) in [6.07, 6.45) is 0. The van der Waals surface area contributed by atoms with Gasteiger partial charge in [0.05, 0.1) is 12.7 Å². The van der Waals surface area contributed by atoms with Gasteiger partial charge in [-0.25, -0.2) is 0 Å². The molecule has 0 aliphatic rings. The summed E-state index contributed by atoms with van der Waals surface area (Å²) in [5, 5.41) is 9.03.